The van der Waals surface area contributed by atoms with Gasteiger partial charge in [0.05, 0.1) is 11.7 Å². The summed E-state index contributed by atoms with van der Waals surface area (Å²) in [6.07, 6.45) is 1.48. The fourth-order valence-corrected chi connectivity index (χ4v) is 1.35. The number of carboxylic acid groups (broad SMARTS) is 1. The largest absolute Gasteiger partial charge is 0.480 e. The van der Waals surface area contributed by atoms with E-state index in [-0.39, 0.29) is 5.56 Å². The summed E-state index contributed by atoms with van der Waals surface area (Å²) in [5.74, 6) is -1.92. The number of hydrogen-bond acceptors (Lipinski definition) is 3. The number of aromatic nitrogens is 2. The lowest BCUT2D eigenvalue weighted by Gasteiger charge is -2.07. The van der Waals surface area contributed by atoms with Gasteiger partial charge in [0.2, 0.25) is 0 Å². The van der Waals surface area contributed by atoms with Crippen molar-refractivity contribution in [2.24, 2.45) is 5.73 Å². The molecule has 2 rings (SSSR count). The van der Waals surface area contributed by atoms with Crippen LogP contribution in [0.3, 0.4) is 0 Å². The number of fused-ring (bicyclic) bond motifs is 1. The molecule has 1 unspecified atom stereocenters. The molecular formula is C9H8FN3O2. The summed E-state index contributed by atoms with van der Waals surface area (Å²) in [6.45, 7) is 0. The van der Waals surface area contributed by atoms with Crippen LogP contribution < -0.4 is 5.73 Å². The number of carbonyl (C=O) groups is 1. The lowest BCUT2D eigenvalue weighted by atomic mass is 10.1. The van der Waals surface area contributed by atoms with Crippen LogP contribution in [0.25, 0.3) is 10.9 Å². The van der Waals surface area contributed by atoms with Gasteiger partial charge in [-0.2, -0.15) is 5.10 Å². The number of benzene rings is 1. The zero-order valence-electron chi connectivity index (χ0n) is 7.57. The van der Waals surface area contributed by atoms with Crippen molar-refractivity contribution >= 4 is 16.9 Å². The number of aliphatic carboxylic acids is 1. The number of aromatic amines is 1. The average Bonchev–Trinajstić information content (AvgIpc) is 2.62. The first-order chi connectivity index (χ1) is 7.09. The van der Waals surface area contributed by atoms with E-state index in [0.29, 0.717) is 10.9 Å². The first-order valence-corrected chi connectivity index (χ1v) is 4.20. The molecule has 0 fully saturated rings. The van der Waals surface area contributed by atoms with Crippen molar-refractivity contribution in [2.75, 3.05) is 0 Å². The van der Waals surface area contributed by atoms with Gasteiger partial charge in [0.15, 0.2) is 0 Å². The SMILES string of the molecule is NC(C(=O)O)c1cc2cn[nH]c2cc1F. The molecule has 6 heteroatoms. The van der Waals surface area contributed by atoms with Crippen LogP contribution >= 0.6 is 0 Å². The highest BCUT2D eigenvalue weighted by Crippen LogP contribution is 2.21. The number of hydrogen-bond donors (Lipinski definition) is 3. The molecule has 0 aliphatic heterocycles. The van der Waals surface area contributed by atoms with Gasteiger partial charge in [0.25, 0.3) is 0 Å². The van der Waals surface area contributed by atoms with Gasteiger partial charge < -0.3 is 10.8 Å². The monoisotopic (exact) mass is 209 g/mol. The second-order valence-corrected chi connectivity index (χ2v) is 3.15. The van der Waals surface area contributed by atoms with Gasteiger partial charge in [0.1, 0.15) is 11.9 Å². The maximum Gasteiger partial charge on any atom is 0.325 e. The molecule has 0 radical (unpaired) electrons. The fourth-order valence-electron chi connectivity index (χ4n) is 1.35. The van der Waals surface area contributed by atoms with Crippen LogP contribution in [0.4, 0.5) is 4.39 Å². The van der Waals surface area contributed by atoms with Gasteiger partial charge in [-0.25, -0.2) is 4.39 Å². The van der Waals surface area contributed by atoms with Crippen LogP contribution in [0.5, 0.6) is 0 Å². The lowest BCUT2D eigenvalue weighted by Crippen LogP contribution is -2.21. The van der Waals surface area contributed by atoms with Crippen molar-refractivity contribution in [1.29, 1.82) is 0 Å². The highest BCUT2D eigenvalue weighted by molar-refractivity contribution is 5.82. The number of halogens is 1. The zero-order chi connectivity index (χ0) is 11.0. The first kappa shape index (κ1) is 9.60. The molecule has 0 amide bonds. The van der Waals surface area contributed by atoms with Gasteiger partial charge in [-0.05, 0) is 12.1 Å². The van der Waals surface area contributed by atoms with Gasteiger partial charge in [0, 0.05) is 10.9 Å². The van der Waals surface area contributed by atoms with Gasteiger partial charge >= 0.3 is 5.97 Å². The summed E-state index contributed by atoms with van der Waals surface area (Å²) in [4.78, 5) is 10.6. The highest BCUT2D eigenvalue weighted by Gasteiger charge is 2.19. The van der Waals surface area contributed by atoms with Crippen molar-refractivity contribution in [3.8, 4) is 0 Å². The van der Waals surface area contributed by atoms with Crippen LogP contribution in [0, 0.1) is 5.82 Å². The van der Waals surface area contributed by atoms with E-state index < -0.39 is 17.8 Å². The molecule has 0 bridgehead atoms. The third-order valence-electron chi connectivity index (χ3n) is 2.16. The molecule has 1 aromatic carbocycles. The van der Waals surface area contributed by atoms with E-state index in [4.69, 9.17) is 10.8 Å². The predicted molar refractivity (Wildman–Crippen MR) is 50.6 cm³/mol. The molecule has 1 aromatic heterocycles. The van der Waals surface area contributed by atoms with Crippen molar-refractivity contribution < 1.29 is 14.3 Å². The average molecular weight is 209 g/mol. The van der Waals surface area contributed by atoms with Crippen LogP contribution in [-0.4, -0.2) is 21.3 Å². The molecule has 1 atom stereocenters. The summed E-state index contributed by atoms with van der Waals surface area (Å²) >= 11 is 0. The Kier molecular flexibility index (Phi) is 2.12. The van der Waals surface area contributed by atoms with Crippen molar-refractivity contribution in [1.82, 2.24) is 10.2 Å². The number of nitrogens with one attached hydrogen (secondary N) is 1. The van der Waals surface area contributed by atoms with Gasteiger partial charge in [-0.15, -0.1) is 0 Å². The number of rotatable bonds is 2. The minimum absolute atomic E-state index is 0.0450. The van der Waals surface area contributed by atoms with E-state index in [0.717, 1.165) is 0 Å². The van der Waals surface area contributed by atoms with Crippen LogP contribution in [0.2, 0.25) is 0 Å². The van der Waals surface area contributed by atoms with Crippen LogP contribution in [-0.2, 0) is 4.79 Å². The van der Waals surface area contributed by atoms with Crippen molar-refractivity contribution in [2.45, 2.75) is 6.04 Å². The molecule has 0 saturated carbocycles. The molecule has 5 nitrogen and oxygen atoms in total. The maximum atomic E-state index is 13.4. The van der Waals surface area contributed by atoms with Crippen LogP contribution in [0.15, 0.2) is 18.3 Å². The van der Waals surface area contributed by atoms with Gasteiger partial charge in [-0.1, -0.05) is 0 Å². The Morgan fingerprint density at radius 1 is 1.60 bits per heavy atom. The third kappa shape index (κ3) is 1.55. The number of nitrogens with two attached hydrogens (primary N) is 1. The molecule has 78 valence electrons. The summed E-state index contributed by atoms with van der Waals surface area (Å²) in [5, 5.41) is 15.6. The molecule has 0 spiro atoms. The number of carboxylic acids is 1. The van der Waals surface area contributed by atoms with E-state index in [1.54, 1.807) is 0 Å². The van der Waals surface area contributed by atoms with E-state index in [1.165, 1.54) is 18.3 Å². The Hall–Kier alpha value is -1.95. The highest BCUT2D eigenvalue weighted by atomic mass is 19.1. The molecule has 2 aromatic rings. The lowest BCUT2D eigenvalue weighted by molar-refractivity contribution is -0.138. The Labute approximate surface area is 83.7 Å². The minimum Gasteiger partial charge on any atom is -0.480 e. The summed E-state index contributed by atoms with van der Waals surface area (Å²) in [7, 11) is 0. The zero-order valence-corrected chi connectivity index (χ0v) is 7.57. The van der Waals surface area contributed by atoms with Crippen LogP contribution in [0.1, 0.15) is 11.6 Å². The molecule has 0 saturated heterocycles. The second-order valence-electron chi connectivity index (χ2n) is 3.15. The minimum atomic E-state index is -1.36. The predicted octanol–water partition coefficient (Wildman–Crippen LogP) is 0.786. The molecule has 1 heterocycles. The topological polar surface area (TPSA) is 92.0 Å². The number of nitrogens with zero attached hydrogens (tertiary/aromatic N) is 1. The molecule has 0 aliphatic rings. The fraction of sp³-hybridized carbons (Fsp3) is 0.111. The third-order valence-corrected chi connectivity index (χ3v) is 2.16. The van der Waals surface area contributed by atoms with E-state index in [1.807, 2.05) is 0 Å². The Bertz CT molecular complexity index is 523. The van der Waals surface area contributed by atoms with E-state index in [9.17, 15) is 9.18 Å². The quantitative estimate of drug-likeness (QED) is 0.681. The van der Waals surface area contributed by atoms with E-state index in [2.05, 4.69) is 10.2 Å². The summed E-state index contributed by atoms with van der Waals surface area (Å²) in [6, 6.07) is 1.21. The normalized spacial score (nSPS) is 12.9. The standard InChI is InChI=1S/C9H8FN3O2/c10-6-2-7-4(3-12-13-7)1-5(6)8(11)9(14)15/h1-3,8H,11H2,(H,12,13)(H,14,15). The Morgan fingerprint density at radius 2 is 2.33 bits per heavy atom. The molecule has 4 N–H and O–H groups in total. The second kappa shape index (κ2) is 3.32. The Balaban J connectivity index is 2.59. The maximum absolute atomic E-state index is 13.4. The summed E-state index contributed by atoms with van der Waals surface area (Å²) in [5.41, 5.74) is 5.79. The molecular weight excluding hydrogens is 201 g/mol. The first-order valence-electron chi connectivity index (χ1n) is 4.20. The molecule has 15 heavy (non-hydrogen) atoms. The number of H-pyrrole nitrogens is 1. The Morgan fingerprint density at radius 3 is 3.00 bits per heavy atom. The summed E-state index contributed by atoms with van der Waals surface area (Å²) < 4.78 is 13.4. The van der Waals surface area contributed by atoms with Crippen molar-refractivity contribution in [3.63, 3.8) is 0 Å². The van der Waals surface area contributed by atoms with Crippen molar-refractivity contribution in [3.05, 3.63) is 29.7 Å². The molecule has 0 aliphatic carbocycles. The van der Waals surface area contributed by atoms with Gasteiger partial charge in [-0.3, -0.25) is 9.89 Å². The smallest absolute Gasteiger partial charge is 0.325 e. The van der Waals surface area contributed by atoms with E-state index >= 15 is 0 Å².